The van der Waals surface area contributed by atoms with Crippen molar-refractivity contribution in [2.24, 2.45) is 0 Å². The lowest BCUT2D eigenvalue weighted by molar-refractivity contribution is 1.07. The second-order valence-electron chi connectivity index (χ2n) is 32.4. The molecule has 0 radical (unpaired) electrons. The number of hydrogen-bond acceptors (Lipinski definition) is 8. The summed E-state index contributed by atoms with van der Waals surface area (Å²) in [5, 5.41) is 26.5. The Hall–Kier alpha value is -16.9. The molecule has 8 heteroatoms. The highest BCUT2D eigenvalue weighted by Gasteiger charge is 2.23. The number of nitrogens with zero attached hydrogens (tertiary/aromatic N) is 8. The molecule has 25 rings (SSSR count). The van der Waals surface area contributed by atoms with E-state index >= 15 is 0 Å². The van der Waals surface area contributed by atoms with Crippen LogP contribution in [0, 0.1) is 0 Å². The number of pyridine rings is 2. The van der Waals surface area contributed by atoms with E-state index < -0.39 is 0 Å². The molecule has 8 nitrogen and oxygen atoms in total. The maximum atomic E-state index is 5.58. The molecule has 21 aromatic carbocycles. The lowest BCUT2D eigenvalue weighted by Gasteiger charge is -2.16. The first-order valence-corrected chi connectivity index (χ1v) is 42.7. The Balaban J connectivity index is 0.000000142. The summed E-state index contributed by atoms with van der Waals surface area (Å²) in [5.41, 5.74) is 18.4. The van der Waals surface area contributed by atoms with Crippen molar-refractivity contribution in [2.75, 3.05) is 0 Å². The molecule has 0 amide bonds. The van der Waals surface area contributed by atoms with Gasteiger partial charge in [0, 0.05) is 82.4 Å². The quantitative estimate of drug-likeness (QED) is 0.118. The average molecular weight is 1600 g/mol. The van der Waals surface area contributed by atoms with Crippen LogP contribution in [0.3, 0.4) is 0 Å². The molecule has 0 aliphatic carbocycles. The highest BCUT2D eigenvalue weighted by molar-refractivity contribution is 6.28. The Morgan fingerprint density at radius 3 is 0.929 bits per heavy atom. The Morgan fingerprint density at radius 1 is 0.127 bits per heavy atom. The lowest BCUT2D eigenvalue weighted by atomic mass is 9.91. The van der Waals surface area contributed by atoms with Gasteiger partial charge in [-0.3, -0.25) is 0 Å². The van der Waals surface area contributed by atoms with Crippen LogP contribution in [0.2, 0.25) is 0 Å². The zero-order valence-corrected chi connectivity index (χ0v) is 68.1. The summed E-state index contributed by atoms with van der Waals surface area (Å²) < 4.78 is 0. The highest BCUT2D eigenvalue weighted by atomic mass is 15.0. The van der Waals surface area contributed by atoms with Gasteiger partial charge >= 0.3 is 0 Å². The molecule has 0 saturated heterocycles. The molecule has 0 aliphatic heterocycles. The topological polar surface area (TPSA) is 103 Å². The van der Waals surface area contributed by atoms with Crippen molar-refractivity contribution in [1.82, 2.24) is 39.9 Å². The van der Waals surface area contributed by atoms with Gasteiger partial charge in [0.25, 0.3) is 0 Å². The van der Waals surface area contributed by atoms with Crippen LogP contribution in [-0.2, 0) is 0 Å². The third-order valence-electron chi connectivity index (χ3n) is 25.0. The van der Waals surface area contributed by atoms with Crippen molar-refractivity contribution in [2.45, 2.75) is 0 Å². The first-order chi connectivity index (χ1) is 62.4. The maximum Gasteiger partial charge on any atom is 0.164 e. The minimum absolute atomic E-state index is 0.614. The lowest BCUT2D eigenvalue weighted by Crippen LogP contribution is -2.00. The van der Waals surface area contributed by atoms with Crippen molar-refractivity contribution in [3.63, 3.8) is 0 Å². The molecule has 0 aliphatic rings. The number of aromatic nitrogens is 8. The van der Waals surface area contributed by atoms with Crippen LogP contribution >= 0.6 is 0 Å². The largest absolute Gasteiger partial charge is 0.247 e. The Kier molecular flexibility index (Phi) is 17.8. The van der Waals surface area contributed by atoms with E-state index in [0.717, 1.165) is 116 Å². The standard InChI is InChI=1S/C62H38N4.C56H34N4/c1-3-14-43(15-4-1)60-64-61(44-16-5-2-6-17-44)66-62(65-60)45-29-25-40(26-30-45)47-33-36-57-56(38-47)58-48-18-8-7-13-41(48)31-35-54(58)59(63-57)42-27-23-39(24-28-42)46-32-34-53-51-21-10-9-19-49(51)50-20-11-12-22-52(50)55(53)37-46;1-3-15-41-33-43(29-23-35(41)11-1)55-58-54(59-56(60-55)44-30-24-36-12-2-4-16-42(36)34-44)40-27-25-39(26-28-40)52-50-32-31-38-14-6-8-19-46(38)51(50)49-22-10-21-48(53(49)57-52)47-20-9-17-37-13-5-7-18-45(37)47/h1-38H;1-34H. The fourth-order valence-corrected chi connectivity index (χ4v) is 18.7. The summed E-state index contributed by atoms with van der Waals surface area (Å²) in [6.45, 7) is 0. The molecule has 0 atom stereocenters. The predicted octanol–water partition coefficient (Wildman–Crippen LogP) is 30.7. The van der Waals surface area contributed by atoms with E-state index in [4.69, 9.17) is 39.9 Å². The van der Waals surface area contributed by atoms with Crippen molar-refractivity contribution < 1.29 is 0 Å². The van der Waals surface area contributed by atoms with Gasteiger partial charge in [-0.2, -0.15) is 0 Å². The molecule has 126 heavy (non-hydrogen) atoms. The van der Waals surface area contributed by atoms with Crippen molar-refractivity contribution in [1.29, 1.82) is 0 Å². The third kappa shape index (κ3) is 13.0. The van der Waals surface area contributed by atoms with E-state index in [0.29, 0.717) is 34.9 Å². The maximum absolute atomic E-state index is 5.58. The molecule has 4 heterocycles. The molecule has 0 spiro atoms. The zero-order valence-electron chi connectivity index (χ0n) is 68.1. The third-order valence-corrected chi connectivity index (χ3v) is 25.0. The molecule has 584 valence electrons. The Morgan fingerprint density at radius 2 is 0.429 bits per heavy atom. The van der Waals surface area contributed by atoms with E-state index in [2.05, 4.69) is 376 Å². The molecule has 0 bridgehead atoms. The summed E-state index contributed by atoms with van der Waals surface area (Å²) >= 11 is 0. The van der Waals surface area contributed by atoms with E-state index in [1.165, 1.54) is 103 Å². The zero-order chi connectivity index (χ0) is 83.1. The summed E-state index contributed by atoms with van der Waals surface area (Å²) in [5.74, 6) is 3.80. The number of benzene rings is 21. The molecule has 0 fully saturated rings. The van der Waals surface area contributed by atoms with E-state index in [1.54, 1.807) is 0 Å². The fourth-order valence-electron chi connectivity index (χ4n) is 18.7. The average Bonchev–Trinajstić information content (AvgIpc) is 0.735. The normalized spacial score (nSPS) is 11.7. The second kappa shape index (κ2) is 30.6. The van der Waals surface area contributed by atoms with Crippen molar-refractivity contribution >= 4 is 130 Å². The van der Waals surface area contributed by atoms with Crippen LogP contribution in [0.25, 0.3) is 254 Å². The second-order valence-corrected chi connectivity index (χ2v) is 32.4. The van der Waals surface area contributed by atoms with Crippen molar-refractivity contribution in [3.8, 4) is 124 Å². The SMILES string of the molecule is c1ccc(-c2nc(-c3ccccc3)nc(-c3ccc(-c4ccc5nc(-c6ccc(-c7ccc8c9ccccc9c9ccccc9c8c7)cc6)c6ccc7ccccc7c6c5c4)cc3)n2)cc1.c1ccc2cc(-c3nc(-c4ccc(-c5nc6c(-c7cccc8ccccc78)cccc6c6c5ccc5ccccc56)cc4)nc(-c4ccc5ccccc5c4)n3)ccc2c1. The Labute approximate surface area is 725 Å². The van der Waals surface area contributed by atoms with Gasteiger partial charge in [-0.05, 0) is 144 Å². The number of para-hydroxylation sites is 1. The van der Waals surface area contributed by atoms with Crippen LogP contribution < -0.4 is 0 Å². The van der Waals surface area contributed by atoms with Gasteiger partial charge in [-0.1, -0.05) is 406 Å². The van der Waals surface area contributed by atoms with Crippen LogP contribution in [-0.4, -0.2) is 39.9 Å². The molecule has 25 aromatic rings. The summed E-state index contributed by atoms with van der Waals surface area (Å²) in [7, 11) is 0. The molecule has 0 N–H and O–H groups in total. The van der Waals surface area contributed by atoms with Gasteiger partial charge < -0.3 is 0 Å². The van der Waals surface area contributed by atoms with Gasteiger partial charge in [-0.15, -0.1) is 0 Å². The summed E-state index contributed by atoms with van der Waals surface area (Å²) in [6.07, 6.45) is 0. The first kappa shape index (κ1) is 73.0. The van der Waals surface area contributed by atoms with Gasteiger partial charge in [-0.25, -0.2) is 39.9 Å². The number of fused-ring (bicyclic) bond motifs is 19. The smallest absolute Gasteiger partial charge is 0.164 e. The minimum Gasteiger partial charge on any atom is -0.247 e. The van der Waals surface area contributed by atoms with E-state index in [1.807, 2.05) is 60.7 Å². The van der Waals surface area contributed by atoms with Gasteiger partial charge in [0.2, 0.25) is 0 Å². The monoisotopic (exact) mass is 1600 g/mol. The fraction of sp³-hybridized carbons (Fsp3) is 0. The minimum atomic E-state index is 0.614. The van der Waals surface area contributed by atoms with Crippen LogP contribution in [0.1, 0.15) is 0 Å². The van der Waals surface area contributed by atoms with Gasteiger partial charge in [0.15, 0.2) is 34.9 Å². The Bertz CT molecular complexity index is 8500. The summed E-state index contributed by atoms with van der Waals surface area (Å²) in [6, 6.07) is 155. The number of hydrogen-bond donors (Lipinski definition) is 0. The van der Waals surface area contributed by atoms with E-state index in [9.17, 15) is 0 Å². The van der Waals surface area contributed by atoms with Crippen LogP contribution in [0.15, 0.2) is 437 Å². The molecular weight excluding hydrogens is 1530 g/mol. The predicted molar refractivity (Wildman–Crippen MR) is 525 cm³/mol. The summed E-state index contributed by atoms with van der Waals surface area (Å²) in [4.78, 5) is 41.1. The first-order valence-electron chi connectivity index (χ1n) is 42.7. The molecule has 0 unspecified atom stereocenters. The van der Waals surface area contributed by atoms with Gasteiger partial charge in [0.1, 0.15) is 0 Å². The molecule has 4 aromatic heterocycles. The van der Waals surface area contributed by atoms with Gasteiger partial charge in [0.05, 0.1) is 22.4 Å². The number of rotatable bonds is 11. The van der Waals surface area contributed by atoms with Crippen LogP contribution in [0.4, 0.5) is 0 Å². The van der Waals surface area contributed by atoms with Crippen molar-refractivity contribution in [3.05, 3.63) is 437 Å². The molecule has 0 saturated carbocycles. The van der Waals surface area contributed by atoms with Crippen LogP contribution in [0.5, 0.6) is 0 Å². The molecular formula is C118H72N8. The van der Waals surface area contributed by atoms with E-state index in [-0.39, 0.29) is 0 Å². The highest BCUT2D eigenvalue weighted by Crippen LogP contribution is 2.46.